The topological polar surface area (TPSA) is 99.6 Å². The number of hydrogen-bond acceptors (Lipinski definition) is 5. The van der Waals surface area contributed by atoms with Gasteiger partial charge in [-0.15, -0.1) is 0 Å². The number of anilines is 2. The summed E-state index contributed by atoms with van der Waals surface area (Å²) < 4.78 is 28.3. The standard InChI is InChI=1S/C21H27N3O4S/c1-13-5-7-24(8-6-13)20-18(21(25)26)11-17(12-22-20)23-29(27,28)19-10-15(3)14(2)9-16(19)4/h9-13,23H,5-8H2,1-4H3,(H,25,26). The van der Waals surface area contributed by atoms with Crippen LogP contribution in [0.5, 0.6) is 0 Å². The number of hydrogen-bond donors (Lipinski definition) is 2. The van der Waals surface area contributed by atoms with Crippen molar-refractivity contribution in [1.29, 1.82) is 0 Å². The number of piperidine rings is 1. The molecular weight excluding hydrogens is 390 g/mol. The molecule has 29 heavy (non-hydrogen) atoms. The van der Waals surface area contributed by atoms with Crippen molar-refractivity contribution in [3.05, 3.63) is 46.6 Å². The van der Waals surface area contributed by atoms with E-state index in [1.165, 1.54) is 12.3 Å². The first-order valence-corrected chi connectivity index (χ1v) is 11.2. The molecule has 2 N–H and O–H groups in total. The van der Waals surface area contributed by atoms with Crippen molar-refractivity contribution in [2.75, 3.05) is 22.7 Å². The van der Waals surface area contributed by atoms with E-state index in [4.69, 9.17) is 0 Å². The maximum absolute atomic E-state index is 12.9. The predicted octanol–water partition coefficient (Wildman–Crippen LogP) is 3.74. The maximum atomic E-state index is 12.9. The van der Waals surface area contributed by atoms with Crippen LogP contribution in [0.1, 0.15) is 46.8 Å². The highest BCUT2D eigenvalue weighted by atomic mass is 32.2. The van der Waals surface area contributed by atoms with Crippen LogP contribution in [0.2, 0.25) is 0 Å². The number of aromatic nitrogens is 1. The summed E-state index contributed by atoms with van der Waals surface area (Å²) >= 11 is 0. The fraction of sp³-hybridized carbons (Fsp3) is 0.429. The molecule has 0 radical (unpaired) electrons. The number of benzene rings is 1. The largest absolute Gasteiger partial charge is 0.478 e. The Morgan fingerprint density at radius 1 is 1.10 bits per heavy atom. The van der Waals surface area contributed by atoms with Gasteiger partial charge in [0.25, 0.3) is 10.0 Å². The molecule has 2 aromatic rings. The Hall–Kier alpha value is -2.61. The maximum Gasteiger partial charge on any atom is 0.339 e. The van der Waals surface area contributed by atoms with Gasteiger partial charge in [-0.05, 0) is 68.4 Å². The number of nitrogens with zero attached hydrogens (tertiary/aromatic N) is 2. The van der Waals surface area contributed by atoms with E-state index in [0.29, 0.717) is 17.3 Å². The van der Waals surface area contributed by atoms with E-state index in [2.05, 4.69) is 16.6 Å². The molecule has 0 amide bonds. The first-order valence-electron chi connectivity index (χ1n) is 9.67. The number of nitrogens with one attached hydrogen (secondary N) is 1. The van der Waals surface area contributed by atoms with Crippen molar-refractivity contribution in [2.24, 2.45) is 5.92 Å². The highest BCUT2D eigenvalue weighted by Crippen LogP contribution is 2.28. The lowest BCUT2D eigenvalue weighted by Gasteiger charge is -2.32. The van der Waals surface area contributed by atoms with Crippen LogP contribution in [0.25, 0.3) is 0 Å². The number of carboxylic acid groups (broad SMARTS) is 1. The van der Waals surface area contributed by atoms with Crippen molar-refractivity contribution in [3.8, 4) is 0 Å². The molecule has 2 heterocycles. The van der Waals surface area contributed by atoms with Crippen LogP contribution >= 0.6 is 0 Å². The normalized spacial score (nSPS) is 15.4. The average Bonchev–Trinajstić information content (AvgIpc) is 2.65. The second-order valence-corrected chi connectivity index (χ2v) is 9.53. The molecule has 0 bridgehead atoms. The smallest absolute Gasteiger partial charge is 0.339 e. The van der Waals surface area contributed by atoms with E-state index in [0.717, 1.165) is 37.1 Å². The lowest BCUT2D eigenvalue weighted by molar-refractivity contribution is 0.0697. The van der Waals surface area contributed by atoms with Crippen LogP contribution in [0, 0.1) is 26.7 Å². The molecule has 0 spiro atoms. The number of aryl methyl sites for hydroxylation is 3. The van der Waals surface area contributed by atoms with Gasteiger partial charge in [-0.1, -0.05) is 13.0 Å². The highest BCUT2D eigenvalue weighted by molar-refractivity contribution is 7.92. The van der Waals surface area contributed by atoms with Crippen molar-refractivity contribution in [2.45, 2.75) is 45.4 Å². The summed E-state index contributed by atoms with van der Waals surface area (Å²) in [6.07, 6.45) is 3.33. The lowest BCUT2D eigenvalue weighted by Crippen LogP contribution is -2.34. The summed E-state index contributed by atoms with van der Waals surface area (Å²) in [4.78, 5) is 18.2. The van der Waals surface area contributed by atoms with Crippen molar-refractivity contribution in [3.63, 3.8) is 0 Å². The number of pyridine rings is 1. The first-order chi connectivity index (χ1) is 13.6. The second kappa shape index (κ2) is 8.02. The Balaban J connectivity index is 1.93. The van der Waals surface area contributed by atoms with Crippen LogP contribution in [0.15, 0.2) is 29.3 Å². The molecule has 1 aromatic carbocycles. The van der Waals surface area contributed by atoms with Gasteiger partial charge in [-0.2, -0.15) is 0 Å². The third kappa shape index (κ3) is 4.53. The monoisotopic (exact) mass is 417 g/mol. The molecular formula is C21H27N3O4S. The minimum absolute atomic E-state index is 0.00318. The van der Waals surface area contributed by atoms with Crippen LogP contribution in [0.3, 0.4) is 0 Å². The molecule has 8 heteroatoms. The molecule has 156 valence electrons. The van der Waals surface area contributed by atoms with E-state index in [1.54, 1.807) is 13.0 Å². The Morgan fingerprint density at radius 2 is 1.72 bits per heavy atom. The van der Waals surface area contributed by atoms with Crippen LogP contribution < -0.4 is 9.62 Å². The van der Waals surface area contributed by atoms with Gasteiger partial charge < -0.3 is 10.0 Å². The molecule has 7 nitrogen and oxygen atoms in total. The Bertz CT molecular complexity index is 1040. The first kappa shape index (κ1) is 21.1. The molecule has 1 aliphatic rings. The van der Waals surface area contributed by atoms with Gasteiger partial charge in [0.05, 0.1) is 16.8 Å². The van der Waals surface area contributed by atoms with Crippen molar-refractivity contribution >= 4 is 27.5 Å². The zero-order chi connectivity index (χ0) is 21.3. The fourth-order valence-electron chi connectivity index (χ4n) is 3.58. The van der Waals surface area contributed by atoms with Crippen LogP contribution in [-0.2, 0) is 10.0 Å². The number of sulfonamides is 1. The molecule has 1 fully saturated rings. The highest BCUT2D eigenvalue weighted by Gasteiger charge is 2.24. The van der Waals surface area contributed by atoms with Gasteiger partial charge in [0.1, 0.15) is 11.4 Å². The van der Waals surface area contributed by atoms with Gasteiger partial charge in [0.15, 0.2) is 0 Å². The molecule has 1 aromatic heterocycles. The molecule has 0 atom stereocenters. The van der Waals surface area contributed by atoms with Gasteiger partial charge in [0, 0.05) is 13.1 Å². The molecule has 1 saturated heterocycles. The van der Waals surface area contributed by atoms with Crippen molar-refractivity contribution < 1.29 is 18.3 Å². The summed E-state index contributed by atoms with van der Waals surface area (Å²) in [5, 5.41) is 9.66. The number of carboxylic acids is 1. The van der Waals surface area contributed by atoms with E-state index in [1.807, 2.05) is 24.8 Å². The lowest BCUT2D eigenvalue weighted by atomic mass is 9.99. The summed E-state index contributed by atoms with van der Waals surface area (Å²) in [5.41, 5.74) is 2.64. The zero-order valence-corrected chi connectivity index (χ0v) is 18.0. The van der Waals surface area contributed by atoms with E-state index in [9.17, 15) is 18.3 Å². The average molecular weight is 418 g/mol. The molecule has 0 saturated carbocycles. The Morgan fingerprint density at radius 3 is 2.34 bits per heavy atom. The zero-order valence-electron chi connectivity index (χ0n) is 17.2. The summed E-state index contributed by atoms with van der Waals surface area (Å²) in [5.74, 6) is -0.143. The van der Waals surface area contributed by atoms with Gasteiger partial charge >= 0.3 is 5.97 Å². The SMILES string of the molecule is Cc1cc(C)c(S(=O)(=O)Nc2cnc(N3CCC(C)CC3)c(C(=O)O)c2)cc1C. The van der Waals surface area contributed by atoms with Gasteiger partial charge in [-0.3, -0.25) is 4.72 Å². The Labute approximate surface area is 171 Å². The number of rotatable bonds is 5. The van der Waals surface area contributed by atoms with E-state index in [-0.39, 0.29) is 16.1 Å². The van der Waals surface area contributed by atoms with Crippen LogP contribution in [-0.4, -0.2) is 37.6 Å². The minimum atomic E-state index is -3.87. The van der Waals surface area contributed by atoms with Gasteiger partial charge in [0.2, 0.25) is 0 Å². The van der Waals surface area contributed by atoms with Gasteiger partial charge in [-0.25, -0.2) is 18.2 Å². The predicted molar refractivity (Wildman–Crippen MR) is 113 cm³/mol. The minimum Gasteiger partial charge on any atom is -0.478 e. The fourth-order valence-corrected chi connectivity index (χ4v) is 4.92. The summed E-state index contributed by atoms with van der Waals surface area (Å²) in [7, 11) is -3.87. The van der Waals surface area contributed by atoms with Crippen LogP contribution in [0.4, 0.5) is 11.5 Å². The number of aromatic carboxylic acids is 1. The van der Waals surface area contributed by atoms with Crippen molar-refractivity contribution in [1.82, 2.24) is 4.98 Å². The molecule has 1 aliphatic heterocycles. The number of carbonyl (C=O) groups is 1. The second-order valence-electron chi connectivity index (χ2n) is 7.88. The third-order valence-electron chi connectivity index (χ3n) is 5.51. The van der Waals surface area contributed by atoms with E-state index < -0.39 is 16.0 Å². The van der Waals surface area contributed by atoms with E-state index >= 15 is 0 Å². The molecule has 3 rings (SSSR count). The molecule has 0 aliphatic carbocycles. The molecule has 0 unspecified atom stereocenters. The Kier molecular flexibility index (Phi) is 5.84. The summed E-state index contributed by atoms with van der Waals surface area (Å²) in [6, 6.07) is 4.80. The third-order valence-corrected chi connectivity index (χ3v) is 7.04. The summed E-state index contributed by atoms with van der Waals surface area (Å²) in [6.45, 7) is 9.17. The quantitative estimate of drug-likeness (QED) is 0.769.